The van der Waals surface area contributed by atoms with Gasteiger partial charge in [0.15, 0.2) is 0 Å². The van der Waals surface area contributed by atoms with Crippen molar-refractivity contribution in [2.24, 2.45) is 0 Å². The lowest BCUT2D eigenvalue weighted by molar-refractivity contribution is -0.113. The monoisotopic (exact) mass is 395 g/mol. The third-order valence-corrected chi connectivity index (χ3v) is 4.45. The molecule has 2 aromatic carbocycles. The molecule has 2 aromatic rings. The largest absolute Gasteiger partial charge is 0.495 e. The summed E-state index contributed by atoms with van der Waals surface area (Å²) in [5.74, 6) is 1.71. The number of hydrogen-bond donors (Lipinski definition) is 1. The predicted molar refractivity (Wildman–Crippen MR) is 97.7 cm³/mol. The summed E-state index contributed by atoms with van der Waals surface area (Å²) in [4.78, 5) is 13.1. The van der Waals surface area contributed by atoms with Gasteiger partial charge in [0.25, 0.3) is 0 Å². The van der Waals surface area contributed by atoms with Crippen LogP contribution in [0, 0.1) is 0 Å². The number of carbonyl (C=O) groups excluding carboxylic acids is 1. The number of anilines is 1. The van der Waals surface area contributed by atoms with Gasteiger partial charge in [-0.25, -0.2) is 0 Å². The van der Waals surface area contributed by atoms with Crippen LogP contribution in [0.4, 0.5) is 5.69 Å². The van der Waals surface area contributed by atoms with Gasteiger partial charge in [0.2, 0.25) is 5.91 Å². The zero-order valence-corrected chi connectivity index (χ0v) is 15.4. The van der Waals surface area contributed by atoms with Crippen LogP contribution in [-0.4, -0.2) is 25.4 Å². The number of halogens is 1. The molecule has 0 aliphatic heterocycles. The van der Waals surface area contributed by atoms with Crippen molar-refractivity contribution in [2.75, 3.05) is 24.8 Å². The van der Waals surface area contributed by atoms with Gasteiger partial charge in [0.1, 0.15) is 11.5 Å². The molecule has 23 heavy (non-hydrogen) atoms. The van der Waals surface area contributed by atoms with E-state index in [0.29, 0.717) is 23.8 Å². The number of nitrogens with one attached hydrogen (secondary N) is 1. The molecule has 0 aliphatic carbocycles. The fraction of sp³-hybridized carbons (Fsp3) is 0.235. The van der Waals surface area contributed by atoms with Crippen LogP contribution in [0.15, 0.2) is 51.8 Å². The number of benzene rings is 2. The summed E-state index contributed by atoms with van der Waals surface area (Å²) in [7, 11) is 1.58. The van der Waals surface area contributed by atoms with E-state index in [1.165, 1.54) is 11.8 Å². The fourth-order valence-corrected chi connectivity index (χ4v) is 2.97. The zero-order valence-electron chi connectivity index (χ0n) is 13.0. The maximum atomic E-state index is 12.1. The maximum absolute atomic E-state index is 12.1. The molecule has 0 aromatic heterocycles. The zero-order chi connectivity index (χ0) is 16.7. The first-order valence-corrected chi connectivity index (χ1v) is 8.89. The number of amides is 1. The highest BCUT2D eigenvalue weighted by Crippen LogP contribution is 2.28. The molecule has 0 heterocycles. The summed E-state index contributed by atoms with van der Waals surface area (Å²) in [6, 6.07) is 13.2. The van der Waals surface area contributed by atoms with Gasteiger partial charge in [0, 0.05) is 9.37 Å². The van der Waals surface area contributed by atoms with Gasteiger partial charge in [-0.2, -0.15) is 0 Å². The van der Waals surface area contributed by atoms with Crippen molar-refractivity contribution < 1.29 is 14.3 Å². The Balaban J connectivity index is 1.91. The molecule has 0 saturated heterocycles. The summed E-state index contributed by atoms with van der Waals surface area (Å²) in [5, 5.41) is 2.86. The number of hydrogen-bond acceptors (Lipinski definition) is 4. The molecule has 2 rings (SSSR count). The molecule has 4 nitrogen and oxygen atoms in total. The van der Waals surface area contributed by atoms with Gasteiger partial charge in [0.05, 0.1) is 25.2 Å². The Hall–Kier alpha value is -1.66. The molecule has 6 heteroatoms. The SMILES string of the molecule is CCOc1ccc(SCC(=O)Nc2cc(Br)ccc2OC)cc1. The minimum Gasteiger partial charge on any atom is -0.495 e. The lowest BCUT2D eigenvalue weighted by Crippen LogP contribution is -2.14. The first-order chi connectivity index (χ1) is 11.1. The number of carbonyl (C=O) groups is 1. The maximum Gasteiger partial charge on any atom is 0.234 e. The van der Waals surface area contributed by atoms with Gasteiger partial charge in [-0.3, -0.25) is 4.79 Å². The lowest BCUT2D eigenvalue weighted by Gasteiger charge is -2.10. The summed E-state index contributed by atoms with van der Waals surface area (Å²) < 4.78 is 11.5. The van der Waals surface area contributed by atoms with Crippen LogP contribution in [0.25, 0.3) is 0 Å². The summed E-state index contributed by atoms with van der Waals surface area (Å²) in [6.07, 6.45) is 0. The minimum absolute atomic E-state index is 0.0831. The second kappa shape index (κ2) is 8.84. The molecule has 0 radical (unpaired) electrons. The molecule has 0 saturated carbocycles. The number of ether oxygens (including phenoxy) is 2. The molecule has 0 unspecified atom stereocenters. The van der Waals surface area contributed by atoms with E-state index in [1.54, 1.807) is 13.2 Å². The van der Waals surface area contributed by atoms with Crippen molar-refractivity contribution in [1.29, 1.82) is 0 Å². The Morgan fingerprint density at radius 3 is 2.61 bits per heavy atom. The average molecular weight is 396 g/mol. The topological polar surface area (TPSA) is 47.6 Å². The molecular formula is C17H18BrNO3S. The summed E-state index contributed by atoms with van der Waals surface area (Å²) >= 11 is 4.86. The normalized spacial score (nSPS) is 10.2. The van der Waals surface area contributed by atoms with Crippen LogP contribution < -0.4 is 14.8 Å². The third kappa shape index (κ3) is 5.48. The van der Waals surface area contributed by atoms with Gasteiger partial charge >= 0.3 is 0 Å². The van der Waals surface area contributed by atoms with Gasteiger partial charge in [-0.1, -0.05) is 15.9 Å². The fourth-order valence-electron chi connectivity index (χ4n) is 1.91. The molecule has 122 valence electrons. The first kappa shape index (κ1) is 17.7. The van der Waals surface area contributed by atoms with E-state index < -0.39 is 0 Å². The van der Waals surface area contributed by atoms with Crippen LogP contribution in [-0.2, 0) is 4.79 Å². The van der Waals surface area contributed by atoms with E-state index in [1.807, 2.05) is 43.3 Å². The van der Waals surface area contributed by atoms with Crippen molar-refractivity contribution >= 4 is 39.3 Å². The number of rotatable bonds is 7. The van der Waals surface area contributed by atoms with Crippen LogP contribution in [0.2, 0.25) is 0 Å². The van der Waals surface area contributed by atoms with E-state index in [-0.39, 0.29) is 5.91 Å². The smallest absolute Gasteiger partial charge is 0.234 e. The molecular weight excluding hydrogens is 378 g/mol. The van der Waals surface area contributed by atoms with Gasteiger partial charge < -0.3 is 14.8 Å². The van der Waals surface area contributed by atoms with E-state index >= 15 is 0 Å². The van der Waals surface area contributed by atoms with Crippen molar-refractivity contribution in [3.8, 4) is 11.5 Å². The number of thioether (sulfide) groups is 1. The van der Waals surface area contributed by atoms with Crippen molar-refractivity contribution in [1.82, 2.24) is 0 Å². The van der Waals surface area contributed by atoms with E-state index in [0.717, 1.165) is 15.1 Å². The molecule has 0 aliphatic rings. The molecule has 0 atom stereocenters. The van der Waals surface area contributed by atoms with E-state index in [4.69, 9.17) is 9.47 Å². The summed E-state index contributed by atoms with van der Waals surface area (Å²) in [6.45, 7) is 2.59. The van der Waals surface area contributed by atoms with Gasteiger partial charge in [-0.05, 0) is 49.4 Å². The van der Waals surface area contributed by atoms with Crippen LogP contribution in [0.5, 0.6) is 11.5 Å². The lowest BCUT2D eigenvalue weighted by atomic mass is 10.3. The Morgan fingerprint density at radius 2 is 1.96 bits per heavy atom. The second-order valence-corrected chi connectivity index (χ2v) is 6.55. The Bertz CT molecular complexity index is 661. The van der Waals surface area contributed by atoms with Crippen molar-refractivity contribution in [3.05, 3.63) is 46.9 Å². The van der Waals surface area contributed by atoms with Crippen LogP contribution in [0.3, 0.4) is 0 Å². The second-order valence-electron chi connectivity index (χ2n) is 4.59. The molecule has 1 amide bonds. The highest BCUT2D eigenvalue weighted by atomic mass is 79.9. The average Bonchev–Trinajstić information content (AvgIpc) is 2.55. The van der Waals surface area contributed by atoms with Crippen molar-refractivity contribution in [3.63, 3.8) is 0 Å². The molecule has 0 bridgehead atoms. The molecule has 0 fully saturated rings. The Kier molecular flexibility index (Phi) is 6.80. The molecule has 0 spiro atoms. The van der Waals surface area contributed by atoms with Crippen molar-refractivity contribution in [2.45, 2.75) is 11.8 Å². The standard InChI is InChI=1S/C17H18BrNO3S/c1-3-22-13-5-7-14(8-6-13)23-11-17(20)19-15-10-12(18)4-9-16(15)21-2/h4-10H,3,11H2,1-2H3,(H,19,20). The number of methoxy groups -OCH3 is 1. The third-order valence-electron chi connectivity index (χ3n) is 2.94. The Morgan fingerprint density at radius 1 is 1.22 bits per heavy atom. The Labute approximate surface area is 148 Å². The van der Waals surface area contributed by atoms with Crippen LogP contribution in [0.1, 0.15) is 6.92 Å². The highest BCUT2D eigenvalue weighted by molar-refractivity contribution is 9.10. The van der Waals surface area contributed by atoms with E-state index in [9.17, 15) is 4.79 Å². The van der Waals surface area contributed by atoms with E-state index in [2.05, 4.69) is 21.2 Å². The minimum atomic E-state index is -0.0831. The first-order valence-electron chi connectivity index (χ1n) is 7.11. The summed E-state index contributed by atoms with van der Waals surface area (Å²) in [5.41, 5.74) is 0.652. The highest BCUT2D eigenvalue weighted by Gasteiger charge is 2.09. The quantitative estimate of drug-likeness (QED) is 0.696. The van der Waals surface area contributed by atoms with Crippen LogP contribution >= 0.6 is 27.7 Å². The van der Waals surface area contributed by atoms with Gasteiger partial charge in [-0.15, -0.1) is 11.8 Å². The molecule has 1 N–H and O–H groups in total. The predicted octanol–water partition coefficient (Wildman–Crippen LogP) is 4.59.